The Morgan fingerprint density at radius 2 is 0.917 bits per heavy atom. The number of urea groups is 3. The Bertz CT molecular complexity index is 190. The normalized spacial score (nSPS) is 8.33. The van der Waals surface area contributed by atoms with Gasteiger partial charge in [0, 0.05) is 0 Å². The molecule has 6 amide bonds. The van der Waals surface area contributed by atoms with Gasteiger partial charge in [0.25, 0.3) is 0 Å². The summed E-state index contributed by atoms with van der Waals surface area (Å²) >= 11 is 0. The van der Waals surface area contributed by atoms with Crippen LogP contribution in [0.2, 0.25) is 0 Å². The summed E-state index contributed by atoms with van der Waals surface area (Å²) in [5.74, 6) is 0. The molecule has 12 heavy (non-hydrogen) atoms. The second-order valence-electron chi connectivity index (χ2n) is 1.28. The van der Waals surface area contributed by atoms with Gasteiger partial charge in [-0.05, 0) is 0 Å². The Labute approximate surface area is 66.8 Å². The van der Waals surface area contributed by atoms with Crippen molar-refractivity contribution in [1.29, 1.82) is 0 Å². The predicted octanol–water partition coefficient (Wildman–Crippen LogP) is -1.38. The summed E-state index contributed by atoms with van der Waals surface area (Å²) < 4.78 is 0. The first-order valence-corrected chi connectivity index (χ1v) is 2.41. The Kier molecular flexibility index (Phi) is 7.20. The van der Waals surface area contributed by atoms with Gasteiger partial charge < -0.3 is 22.9 Å². The van der Waals surface area contributed by atoms with Crippen LogP contribution < -0.4 is 22.9 Å². The van der Waals surface area contributed by atoms with Crippen molar-refractivity contribution in [2.75, 3.05) is 0 Å². The Hall–Kier alpha value is -2.19. The zero-order chi connectivity index (χ0) is 10.1. The second kappa shape index (κ2) is 6.92. The fourth-order valence-corrected chi connectivity index (χ4v) is 0.0986. The van der Waals surface area contributed by atoms with Gasteiger partial charge in [-0.15, -0.1) is 0 Å². The summed E-state index contributed by atoms with van der Waals surface area (Å²) in [5, 5.41) is 5.23. The van der Waals surface area contributed by atoms with E-state index in [1.165, 1.54) is 0 Å². The van der Waals surface area contributed by atoms with Crippen LogP contribution in [0.5, 0.6) is 0 Å². The maximum atomic E-state index is 9.66. The molecule has 0 spiro atoms. The van der Waals surface area contributed by atoms with E-state index in [9.17, 15) is 9.59 Å². The van der Waals surface area contributed by atoms with E-state index in [1.807, 2.05) is 0 Å². The lowest BCUT2D eigenvalue weighted by molar-refractivity contribution is 0.249. The summed E-state index contributed by atoms with van der Waals surface area (Å²) in [6, 6.07) is -2.91. The molecule has 0 aromatic rings. The Morgan fingerprint density at radius 1 is 0.750 bits per heavy atom. The molecule has 0 radical (unpaired) electrons. The predicted molar refractivity (Wildman–Crippen MR) is 37.8 cm³/mol. The smallest absolute Gasteiger partial charge is 0.352 e. The molecule has 0 atom stereocenters. The van der Waals surface area contributed by atoms with Crippen LogP contribution in [0.4, 0.5) is 14.4 Å². The SMILES string of the molecule is NC(=O)N=NC(N)=O.NC(N)=O. The quantitative estimate of drug-likeness (QED) is 0.332. The van der Waals surface area contributed by atoms with Crippen molar-refractivity contribution in [3.05, 3.63) is 0 Å². The van der Waals surface area contributed by atoms with Crippen LogP contribution in [0.1, 0.15) is 0 Å². The van der Waals surface area contributed by atoms with E-state index in [1.54, 1.807) is 0 Å². The Balaban J connectivity index is 0. The fraction of sp³-hybridized carbons (Fsp3) is 0. The van der Waals surface area contributed by atoms with Gasteiger partial charge in [-0.25, -0.2) is 14.4 Å². The molecule has 8 N–H and O–H groups in total. The lowest BCUT2D eigenvalue weighted by Crippen LogP contribution is -2.18. The summed E-state index contributed by atoms with van der Waals surface area (Å²) in [7, 11) is 0. The monoisotopic (exact) mass is 176 g/mol. The fourth-order valence-electron chi connectivity index (χ4n) is 0.0986. The van der Waals surface area contributed by atoms with Crippen LogP contribution in [0, 0.1) is 0 Å². The van der Waals surface area contributed by atoms with E-state index in [-0.39, 0.29) is 0 Å². The van der Waals surface area contributed by atoms with E-state index in [0.717, 1.165) is 0 Å². The zero-order valence-corrected chi connectivity index (χ0v) is 5.93. The minimum atomic E-state index is -1.04. The van der Waals surface area contributed by atoms with Gasteiger partial charge in [0.2, 0.25) is 0 Å². The molecule has 0 bridgehead atoms. The number of rotatable bonds is 0. The van der Waals surface area contributed by atoms with Gasteiger partial charge in [0.1, 0.15) is 0 Å². The highest BCUT2D eigenvalue weighted by molar-refractivity contribution is 5.77. The third kappa shape index (κ3) is 45.9. The van der Waals surface area contributed by atoms with Crippen LogP contribution >= 0.6 is 0 Å². The molecule has 0 rings (SSSR count). The number of nitrogens with zero attached hydrogens (tertiary/aromatic N) is 2. The van der Waals surface area contributed by atoms with Crippen molar-refractivity contribution >= 4 is 18.1 Å². The van der Waals surface area contributed by atoms with E-state index in [0.29, 0.717) is 0 Å². The van der Waals surface area contributed by atoms with Gasteiger partial charge in [0.05, 0.1) is 0 Å². The first-order valence-electron chi connectivity index (χ1n) is 2.41. The molecule has 0 saturated heterocycles. The molecule has 0 unspecified atom stereocenters. The number of carbonyl (C=O) groups excluding carboxylic acids is 3. The molecule has 0 aliphatic rings. The van der Waals surface area contributed by atoms with Gasteiger partial charge >= 0.3 is 18.1 Å². The topological polar surface area (TPSA) is 180 Å². The molecule has 0 aliphatic heterocycles. The molecule has 0 aromatic heterocycles. The number of azo groups is 1. The first kappa shape index (κ1) is 12.5. The van der Waals surface area contributed by atoms with Crippen LogP contribution in [0.15, 0.2) is 10.2 Å². The molecule has 9 heteroatoms. The Morgan fingerprint density at radius 3 is 1.00 bits per heavy atom. The molecule has 0 saturated carbocycles. The number of primary amides is 4. The molecule has 9 nitrogen and oxygen atoms in total. The van der Waals surface area contributed by atoms with Gasteiger partial charge in [-0.2, -0.15) is 0 Å². The molecule has 0 fully saturated rings. The van der Waals surface area contributed by atoms with Crippen molar-refractivity contribution in [2.45, 2.75) is 0 Å². The third-order valence-electron chi connectivity index (χ3n) is 0.247. The molecule has 68 valence electrons. The van der Waals surface area contributed by atoms with Crippen molar-refractivity contribution in [3.8, 4) is 0 Å². The number of amides is 6. The number of hydrogen-bond acceptors (Lipinski definition) is 3. The summed E-state index contributed by atoms with van der Waals surface area (Å²) in [5.41, 5.74) is 17.4. The van der Waals surface area contributed by atoms with Gasteiger partial charge in [0.15, 0.2) is 0 Å². The highest BCUT2D eigenvalue weighted by Crippen LogP contribution is 1.72. The number of nitrogens with two attached hydrogens (primary N) is 4. The van der Waals surface area contributed by atoms with E-state index in [4.69, 9.17) is 4.79 Å². The van der Waals surface area contributed by atoms with Crippen LogP contribution in [0.3, 0.4) is 0 Å². The molecular weight excluding hydrogens is 168 g/mol. The van der Waals surface area contributed by atoms with Crippen molar-refractivity contribution < 1.29 is 14.4 Å². The van der Waals surface area contributed by atoms with Crippen molar-refractivity contribution in [3.63, 3.8) is 0 Å². The van der Waals surface area contributed by atoms with Crippen molar-refractivity contribution in [1.82, 2.24) is 0 Å². The largest absolute Gasteiger partial charge is 0.357 e. The minimum Gasteiger partial charge on any atom is -0.352 e. The average molecular weight is 176 g/mol. The van der Waals surface area contributed by atoms with Crippen LogP contribution in [0.25, 0.3) is 0 Å². The van der Waals surface area contributed by atoms with E-state index in [2.05, 4.69) is 33.2 Å². The molecule has 0 heterocycles. The van der Waals surface area contributed by atoms with E-state index >= 15 is 0 Å². The second-order valence-corrected chi connectivity index (χ2v) is 1.28. The maximum absolute atomic E-state index is 9.66. The number of carbonyl (C=O) groups is 3. The lowest BCUT2D eigenvalue weighted by atomic mass is 11.1. The van der Waals surface area contributed by atoms with Gasteiger partial charge in [-0.1, -0.05) is 10.2 Å². The molecule has 0 aliphatic carbocycles. The minimum absolute atomic E-state index is 0.833. The van der Waals surface area contributed by atoms with Crippen molar-refractivity contribution in [2.24, 2.45) is 33.2 Å². The molecular formula is C3H8N6O3. The summed E-state index contributed by atoms with van der Waals surface area (Å²) in [4.78, 5) is 28.3. The summed E-state index contributed by atoms with van der Waals surface area (Å²) in [6.45, 7) is 0. The van der Waals surface area contributed by atoms with Gasteiger partial charge in [-0.3, -0.25) is 0 Å². The highest BCUT2D eigenvalue weighted by atomic mass is 16.2. The third-order valence-corrected chi connectivity index (χ3v) is 0.247. The average Bonchev–Trinajstić information content (AvgIpc) is 1.82. The van der Waals surface area contributed by atoms with Crippen LogP contribution in [-0.2, 0) is 0 Å². The lowest BCUT2D eigenvalue weighted by Gasteiger charge is -1.74. The summed E-state index contributed by atoms with van der Waals surface area (Å²) in [6.07, 6.45) is 0. The zero-order valence-electron chi connectivity index (χ0n) is 5.93. The van der Waals surface area contributed by atoms with Crippen LogP contribution in [-0.4, -0.2) is 18.1 Å². The first-order chi connectivity index (χ1) is 5.36. The number of hydrogen-bond donors (Lipinski definition) is 4. The highest BCUT2D eigenvalue weighted by Gasteiger charge is 1.86. The maximum Gasteiger partial charge on any atom is 0.357 e. The van der Waals surface area contributed by atoms with E-state index < -0.39 is 18.1 Å². The molecule has 0 aromatic carbocycles. The standard InChI is InChI=1S/C2H4N4O2.CH4N2O/c3-1(7)5-6-2(4)8;2-1(3)4/h(H2,3,7)(H2,4,8);(H4,2,3,4).